The lowest BCUT2D eigenvalue weighted by Gasteiger charge is -2.23. The van der Waals surface area contributed by atoms with Gasteiger partial charge in [-0.25, -0.2) is 0 Å². The van der Waals surface area contributed by atoms with Crippen molar-refractivity contribution in [3.05, 3.63) is 218 Å². The van der Waals surface area contributed by atoms with Crippen LogP contribution in [-0.4, -0.2) is 0 Å². The summed E-state index contributed by atoms with van der Waals surface area (Å²) in [6.45, 7) is 0. The van der Waals surface area contributed by atoms with Crippen molar-refractivity contribution in [3.63, 3.8) is 0 Å². The Hall–Kier alpha value is -7.80. The molecule has 0 heterocycles. The zero-order valence-electron chi connectivity index (χ0n) is 32.8. The largest absolute Gasteiger partial charge is 0.0622 e. The SMILES string of the molecule is c1ccc(-c2ccc3c4ccc5ccccc5c4c4ccccc4c3c2-c2c3ccccc3c(-c3ccc4c5ccccc5c5ccccc5c4c3)c3ccccc23)cc1. The van der Waals surface area contributed by atoms with E-state index in [0.717, 1.165) is 0 Å². The second kappa shape index (κ2) is 12.9. The molecule has 0 radical (unpaired) electrons. The van der Waals surface area contributed by atoms with Crippen LogP contribution in [-0.2, 0) is 0 Å². The molecule has 0 N–H and O–H groups in total. The molecule has 13 rings (SSSR count). The Labute approximate surface area is 347 Å². The Morgan fingerprint density at radius 3 is 1.20 bits per heavy atom. The molecule has 0 aromatic heterocycles. The summed E-state index contributed by atoms with van der Waals surface area (Å²) in [6, 6.07) is 81.5. The van der Waals surface area contributed by atoms with Gasteiger partial charge in [0.25, 0.3) is 0 Å². The first-order valence-electron chi connectivity index (χ1n) is 20.9. The third-order valence-electron chi connectivity index (χ3n) is 13.2. The van der Waals surface area contributed by atoms with E-state index in [1.54, 1.807) is 0 Å². The number of rotatable bonds is 3. The van der Waals surface area contributed by atoms with E-state index in [2.05, 4.69) is 218 Å². The monoisotopic (exact) mass is 756 g/mol. The van der Waals surface area contributed by atoms with Crippen LogP contribution in [0.4, 0.5) is 0 Å². The van der Waals surface area contributed by atoms with E-state index >= 15 is 0 Å². The fourth-order valence-corrected chi connectivity index (χ4v) is 10.7. The second-order valence-corrected chi connectivity index (χ2v) is 16.2. The minimum Gasteiger partial charge on any atom is -0.0622 e. The normalized spacial score (nSPS) is 12.0. The van der Waals surface area contributed by atoms with Crippen LogP contribution in [0.15, 0.2) is 218 Å². The zero-order chi connectivity index (χ0) is 39.3. The molecule has 13 aromatic rings. The minimum atomic E-state index is 1.21. The van der Waals surface area contributed by atoms with Gasteiger partial charge in [0.05, 0.1) is 0 Å². The zero-order valence-corrected chi connectivity index (χ0v) is 32.8. The maximum absolute atomic E-state index is 2.45. The summed E-state index contributed by atoms with van der Waals surface area (Å²) in [5, 5.41) is 23.0. The molecule has 0 fully saturated rings. The first kappa shape index (κ1) is 33.2. The van der Waals surface area contributed by atoms with Gasteiger partial charge in [-0.2, -0.15) is 0 Å². The molecule has 13 aromatic carbocycles. The molecule has 0 nitrogen and oxygen atoms in total. The van der Waals surface area contributed by atoms with Crippen molar-refractivity contribution in [3.8, 4) is 33.4 Å². The topological polar surface area (TPSA) is 0 Å². The van der Waals surface area contributed by atoms with Crippen molar-refractivity contribution in [2.75, 3.05) is 0 Å². The Kier molecular flexibility index (Phi) is 7.11. The van der Waals surface area contributed by atoms with Crippen molar-refractivity contribution in [2.24, 2.45) is 0 Å². The molecule has 0 amide bonds. The molecule has 0 saturated carbocycles. The Morgan fingerprint density at radius 2 is 0.583 bits per heavy atom. The van der Waals surface area contributed by atoms with Gasteiger partial charge in [-0.05, 0) is 136 Å². The third-order valence-corrected chi connectivity index (χ3v) is 13.2. The summed E-state index contributed by atoms with van der Waals surface area (Å²) >= 11 is 0. The number of hydrogen-bond acceptors (Lipinski definition) is 0. The van der Waals surface area contributed by atoms with Crippen molar-refractivity contribution < 1.29 is 0 Å². The van der Waals surface area contributed by atoms with E-state index in [0.29, 0.717) is 0 Å². The smallest absolute Gasteiger partial charge is 0.000785 e. The molecule has 0 heteroatoms. The summed E-state index contributed by atoms with van der Waals surface area (Å²) < 4.78 is 0. The lowest BCUT2D eigenvalue weighted by molar-refractivity contribution is 1.64. The molecule has 276 valence electrons. The average molecular weight is 757 g/mol. The van der Waals surface area contributed by atoms with E-state index in [1.165, 1.54) is 130 Å². The maximum atomic E-state index is 2.45. The Balaban J connectivity index is 1.21. The second-order valence-electron chi connectivity index (χ2n) is 16.2. The van der Waals surface area contributed by atoms with E-state index < -0.39 is 0 Å². The molecule has 0 saturated heterocycles. The lowest BCUT2D eigenvalue weighted by Crippen LogP contribution is -1.95. The predicted molar refractivity (Wildman–Crippen MR) is 260 cm³/mol. The predicted octanol–water partition coefficient (Wildman–Crippen LogP) is 17.1. The molecule has 0 aliphatic heterocycles. The van der Waals surface area contributed by atoms with Crippen LogP contribution in [0.1, 0.15) is 0 Å². The van der Waals surface area contributed by atoms with Crippen molar-refractivity contribution >= 4 is 97.0 Å². The minimum absolute atomic E-state index is 1.21. The molecule has 60 heavy (non-hydrogen) atoms. The van der Waals surface area contributed by atoms with Crippen LogP contribution >= 0.6 is 0 Å². The van der Waals surface area contributed by atoms with Crippen molar-refractivity contribution in [1.82, 2.24) is 0 Å². The molecular weight excluding hydrogens is 721 g/mol. The Morgan fingerprint density at radius 1 is 0.183 bits per heavy atom. The van der Waals surface area contributed by atoms with Crippen molar-refractivity contribution in [2.45, 2.75) is 0 Å². The molecule has 0 unspecified atom stereocenters. The van der Waals surface area contributed by atoms with Gasteiger partial charge in [0.2, 0.25) is 0 Å². The summed E-state index contributed by atoms with van der Waals surface area (Å²) in [5.41, 5.74) is 7.50. The summed E-state index contributed by atoms with van der Waals surface area (Å²) in [6.07, 6.45) is 0. The van der Waals surface area contributed by atoms with Gasteiger partial charge >= 0.3 is 0 Å². The average Bonchev–Trinajstić information content (AvgIpc) is 3.33. The fourth-order valence-electron chi connectivity index (χ4n) is 10.7. The van der Waals surface area contributed by atoms with Crippen LogP contribution in [0.25, 0.3) is 130 Å². The van der Waals surface area contributed by atoms with E-state index in [1.807, 2.05) is 0 Å². The quantitative estimate of drug-likeness (QED) is 0.124. The highest BCUT2D eigenvalue weighted by atomic mass is 14.3. The molecule has 0 aliphatic rings. The number of fused-ring (bicyclic) bond motifs is 16. The lowest BCUT2D eigenvalue weighted by atomic mass is 9.79. The van der Waals surface area contributed by atoms with Gasteiger partial charge in [0.15, 0.2) is 0 Å². The van der Waals surface area contributed by atoms with Gasteiger partial charge in [-0.3, -0.25) is 0 Å². The highest BCUT2D eigenvalue weighted by molar-refractivity contribution is 6.37. The van der Waals surface area contributed by atoms with Gasteiger partial charge in [-0.15, -0.1) is 0 Å². The third kappa shape index (κ3) is 4.68. The molecule has 0 aliphatic carbocycles. The van der Waals surface area contributed by atoms with Gasteiger partial charge < -0.3 is 0 Å². The van der Waals surface area contributed by atoms with E-state index in [4.69, 9.17) is 0 Å². The van der Waals surface area contributed by atoms with Crippen LogP contribution in [0.3, 0.4) is 0 Å². The summed E-state index contributed by atoms with van der Waals surface area (Å²) in [4.78, 5) is 0. The van der Waals surface area contributed by atoms with Crippen LogP contribution in [0.2, 0.25) is 0 Å². The standard InChI is InChI=1S/C60H36/c1-2-16-37(17-3-1)41-34-35-54-53-33-30-38-18-4-5-19-40(38)57(53)49-26-12-15-29-52(49)59(54)60(41)58-50-27-13-10-24-47(50)56(48-25-11-14-28-51(48)58)39-31-32-46-44-22-7-6-20-42(44)43-21-8-9-23-45(43)55(46)36-39/h1-36H. The van der Waals surface area contributed by atoms with Gasteiger partial charge in [0.1, 0.15) is 0 Å². The van der Waals surface area contributed by atoms with Crippen LogP contribution in [0, 0.1) is 0 Å². The highest BCUT2D eigenvalue weighted by Crippen LogP contribution is 2.52. The maximum Gasteiger partial charge on any atom is -0.000785 e. The first-order chi connectivity index (χ1) is 29.8. The highest BCUT2D eigenvalue weighted by Gasteiger charge is 2.24. The number of benzene rings is 13. The molecule has 0 spiro atoms. The van der Waals surface area contributed by atoms with Gasteiger partial charge in [-0.1, -0.05) is 212 Å². The van der Waals surface area contributed by atoms with Crippen LogP contribution < -0.4 is 0 Å². The van der Waals surface area contributed by atoms with Crippen LogP contribution in [0.5, 0.6) is 0 Å². The Bertz CT molecular complexity index is 3820. The number of hydrogen-bond donors (Lipinski definition) is 0. The molecule has 0 bridgehead atoms. The summed E-state index contributed by atoms with van der Waals surface area (Å²) in [5.74, 6) is 0. The van der Waals surface area contributed by atoms with E-state index in [-0.39, 0.29) is 0 Å². The molecular formula is C60H36. The molecule has 0 atom stereocenters. The first-order valence-corrected chi connectivity index (χ1v) is 20.9. The van der Waals surface area contributed by atoms with E-state index in [9.17, 15) is 0 Å². The van der Waals surface area contributed by atoms with Crippen molar-refractivity contribution in [1.29, 1.82) is 0 Å². The van der Waals surface area contributed by atoms with Gasteiger partial charge in [0, 0.05) is 0 Å². The fraction of sp³-hybridized carbons (Fsp3) is 0. The summed E-state index contributed by atoms with van der Waals surface area (Å²) in [7, 11) is 0.